The molecule has 43 heavy (non-hydrogen) atoms. The summed E-state index contributed by atoms with van der Waals surface area (Å²) in [5, 5.41) is 14.9. The van der Waals surface area contributed by atoms with E-state index in [0.717, 1.165) is 49.2 Å². The molecule has 0 amide bonds. The van der Waals surface area contributed by atoms with Gasteiger partial charge in [0, 0.05) is 19.3 Å². The number of rotatable bonds is 9. The van der Waals surface area contributed by atoms with Crippen molar-refractivity contribution in [1.29, 1.82) is 0 Å². The molecule has 1 saturated carbocycles. The number of anilines is 1. The van der Waals surface area contributed by atoms with E-state index in [2.05, 4.69) is 25.7 Å². The maximum absolute atomic E-state index is 13.8. The summed E-state index contributed by atoms with van der Waals surface area (Å²) in [6.07, 6.45) is -9.63. The smallest absolute Gasteiger partial charge is 0.329 e. The molecule has 2 aromatic heterocycles. The van der Waals surface area contributed by atoms with Crippen LogP contribution in [0.4, 0.5) is 45.5 Å². The number of nitrogens with one attached hydrogen (secondary N) is 1. The summed E-state index contributed by atoms with van der Waals surface area (Å²) in [4.78, 5) is 6.43. The predicted octanol–water partition coefficient (Wildman–Crippen LogP) is 7.10. The van der Waals surface area contributed by atoms with Crippen LogP contribution in [-0.2, 0) is 38.7 Å². The Hall–Kier alpha value is -3.43. The largest absolute Gasteiger partial charge is 0.417 e. The van der Waals surface area contributed by atoms with Crippen LogP contribution >= 0.6 is 0 Å². The Morgan fingerprint density at radius 3 is 1.98 bits per heavy atom. The SMILES string of the molecule is CCNC(c1ncc(C(F)(F)F)cc1CN(Cc1cc(C(F)(F)F)cc(C(F)(F)F)c1)c1nnn(C)n1)C1CCCCC1. The molecule has 0 spiro atoms. The summed E-state index contributed by atoms with van der Waals surface area (Å²) in [6.45, 7) is 1.35. The van der Waals surface area contributed by atoms with Gasteiger partial charge in [0.25, 0.3) is 5.95 Å². The second kappa shape index (κ2) is 12.7. The van der Waals surface area contributed by atoms with Gasteiger partial charge < -0.3 is 10.2 Å². The van der Waals surface area contributed by atoms with Crippen LogP contribution in [0.5, 0.6) is 0 Å². The molecule has 1 fully saturated rings. The molecule has 4 rings (SSSR count). The summed E-state index contributed by atoms with van der Waals surface area (Å²) in [5.41, 5.74) is -4.08. The van der Waals surface area contributed by atoms with E-state index >= 15 is 0 Å². The summed E-state index contributed by atoms with van der Waals surface area (Å²) in [7, 11) is 1.39. The topological polar surface area (TPSA) is 71.8 Å². The van der Waals surface area contributed by atoms with Gasteiger partial charge in [-0.15, -0.1) is 5.10 Å². The van der Waals surface area contributed by atoms with E-state index in [-0.39, 0.29) is 23.5 Å². The lowest BCUT2D eigenvalue weighted by atomic mass is 9.81. The van der Waals surface area contributed by atoms with Crippen LogP contribution in [0.15, 0.2) is 30.5 Å². The quantitative estimate of drug-likeness (QED) is 0.257. The molecule has 7 nitrogen and oxygen atoms in total. The van der Waals surface area contributed by atoms with Gasteiger partial charge in [-0.25, -0.2) is 0 Å². The third kappa shape index (κ3) is 8.15. The van der Waals surface area contributed by atoms with Gasteiger partial charge in [-0.1, -0.05) is 31.3 Å². The number of hydrogen-bond acceptors (Lipinski definition) is 6. The highest BCUT2D eigenvalue weighted by Gasteiger charge is 2.38. The van der Waals surface area contributed by atoms with Crippen molar-refractivity contribution < 1.29 is 39.5 Å². The first-order valence-electron chi connectivity index (χ1n) is 13.6. The maximum Gasteiger partial charge on any atom is 0.417 e. The minimum absolute atomic E-state index is 0.00836. The number of tetrazole rings is 1. The Morgan fingerprint density at radius 1 is 0.860 bits per heavy atom. The van der Waals surface area contributed by atoms with E-state index in [1.165, 1.54) is 11.9 Å². The second-order valence-corrected chi connectivity index (χ2v) is 10.5. The van der Waals surface area contributed by atoms with Crippen molar-refractivity contribution in [1.82, 2.24) is 30.5 Å². The van der Waals surface area contributed by atoms with Gasteiger partial charge in [0.05, 0.1) is 35.5 Å². The van der Waals surface area contributed by atoms with Crippen LogP contribution in [-0.4, -0.2) is 31.7 Å². The van der Waals surface area contributed by atoms with Crippen LogP contribution in [0.25, 0.3) is 0 Å². The highest BCUT2D eigenvalue weighted by atomic mass is 19.4. The van der Waals surface area contributed by atoms with Crippen molar-refractivity contribution in [2.45, 2.75) is 76.7 Å². The van der Waals surface area contributed by atoms with Crippen molar-refractivity contribution in [3.8, 4) is 0 Å². The number of halogens is 9. The minimum Gasteiger partial charge on any atom is -0.329 e. The first-order chi connectivity index (χ1) is 20.1. The number of alkyl halides is 9. The fourth-order valence-electron chi connectivity index (χ4n) is 5.39. The lowest BCUT2D eigenvalue weighted by molar-refractivity contribution is -0.143. The highest BCUT2D eigenvalue weighted by Crippen LogP contribution is 2.39. The summed E-state index contributed by atoms with van der Waals surface area (Å²) < 4.78 is 123. The summed E-state index contributed by atoms with van der Waals surface area (Å²) >= 11 is 0. The van der Waals surface area contributed by atoms with E-state index in [9.17, 15) is 39.5 Å². The monoisotopic (exact) mass is 623 g/mol. The number of aryl methyl sites for hydroxylation is 1. The molecular weight excluding hydrogens is 593 g/mol. The van der Waals surface area contributed by atoms with E-state index in [0.29, 0.717) is 24.4 Å². The van der Waals surface area contributed by atoms with E-state index in [1.54, 1.807) is 0 Å². The van der Waals surface area contributed by atoms with Crippen LogP contribution in [0, 0.1) is 5.92 Å². The Kier molecular flexibility index (Phi) is 9.57. The molecule has 0 saturated heterocycles. The number of aromatic nitrogens is 5. The van der Waals surface area contributed by atoms with Gasteiger partial charge in [0.2, 0.25) is 0 Å². The molecule has 1 N–H and O–H groups in total. The van der Waals surface area contributed by atoms with Crippen molar-refractivity contribution in [3.63, 3.8) is 0 Å². The third-order valence-electron chi connectivity index (χ3n) is 7.33. The van der Waals surface area contributed by atoms with Gasteiger partial charge in [0.15, 0.2) is 0 Å². The van der Waals surface area contributed by atoms with Crippen LogP contribution < -0.4 is 10.2 Å². The molecular formula is C27H30F9N7. The average Bonchev–Trinajstić information content (AvgIpc) is 3.36. The number of pyridine rings is 1. The van der Waals surface area contributed by atoms with E-state index in [1.807, 2.05) is 6.92 Å². The van der Waals surface area contributed by atoms with Crippen molar-refractivity contribution in [3.05, 3.63) is 64.0 Å². The highest BCUT2D eigenvalue weighted by molar-refractivity contribution is 5.40. The normalized spacial score (nSPS) is 16.0. The van der Waals surface area contributed by atoms with Gasteiger partial charge in [-0.05, 0) is 65.9 Å². The summed E-state index contributed by atoms with van der Waals surface area (Å²) in [6, 6.07) is 1.62. The van der Waals surface area contributed by atoms with E-state index in [4.69, 9.17) is 0 Å². The van der Waals surface area contributed by atoms with E-state index < -0.39 is 59.9 Å². The zero-order chi connectivity index (χ0) is 31.6. The lowest BCUT2D eigenvalue weighted by Crippen LogP contribution is -2.33. The van der Waals surface area contributed by atoms with Crippen molar-refractivity contribution in [2.24, 2.45) is 13.0 Å². The van der Waals surface area contributed by atoms with Crippen LogP contribution in [0.3, 0.4) is 0 Å². The molecule has 1 aliphatic rings. The predicted molar refractivity (Wildman–Crippen MR) is 137 cm³/mol. The third-order valence-corrected chi connectivity index (χ3v) is 7.33. The molecule has 1 unspecified atom stereocenters. The zero-order valence-corrected chi connectivity index (χ0v) is 23.3. The fourth-order valence-corrected chi connectivity index (χ4v) is 5.39. The number of hydrogen-bond donors (Lipinski definition) is 1. The standard InChI is InChI=1S/C27H30F9N7/c1-3-37-22(17-7-5-4-6-8-17)23-18(11-21(13-38-23)27(34,35)36)15-43(24-39-41-42(2)40-24)14-16-9-19(25(28,29)30)12-20(10-16)26(31,32)33/h9-13,17,22,37H,3-8,14-15H2,1-2H3. The fraction of sp³-hybridized carbons (Fsp3) is 0.556. The number of nitrogens with zero attached hydrogens (tertiary/aromatic N) is 6. The Labute approximate surface area is 241 Å². The average molecular weight is 624 g/mol. The van der Waals surface area contributed by atoms with Crippen LogP contribution in [0.2, 0.25) is 0 Å². The van der Waals surface area contributed by atoms with Crippen molar-refractivity contribution in [2.75, 3.05) is 11.4 Å². The Balaban J connectivity index is 1.82. The molecule has 1 aromatic carbocycles. The van der Waals surface area contributed by atoms with Gasteiger partial charge in [-0.2, -0.15) is 44.3 Å². The van der Waals surface area contributed by atoms with Crippen LogP contribution in [0.1, 0.15) is 78.6 Å². The van der Waals surface area contributed by atoms with Gasteiger partial charge >= 0.3 is 18.5 Å². The molecule has 16 heteroatoms. The molecule has 3 aromatic rings. The minimum atomic E-state index is -5.08. The van der Waals surface area contributed by atoms with Crippen molar-refractivity contribution >= 4 is 5.95 Å². The molecule has 0 aliphatic heterocycles. The van der Waals surface area contributed by atoms with Gasteiger partial charge in [-0.3, -0.25) is 4.98 Å². The molecule has 1 aliphatic carbocycles. The number of benzene rings is 1. The molecule has 1 atom stereocenters. The molecule has 236 valence electrons. The summed E-state index contributed by atoms with van der Waals surface area (Å²) in [5.74, 6) is -0.132. The lowest BCUT2D eigenvalue weighted by Gasteiger charge is -2.33. The van der Waals surface area contributed by atoms with Gasteiger partial charge in [0.1, 0.15) is 0 Å². The molecule has 0 radical (unpaired) electrons. The second-order valence-electron chi connectivity index (χ2n) is 10.5. The zero-order valence-electron chi connectivity index (χ0n) is 23.3. The molecule has 0 bridgehead atoms. The Bertz CT molecular complexity index is 1340. The first-order valence-corrected chi connectivity index (χ1v) is 13.6. The Morgan fingerprint density at radius 2 is 1.47 bits per heavy atom. The molecule has 2 heterocycles. The first kappa shape index (κ1) is 32.5. The maximum atomic E-state index is 13.8.